The maximum absolute atomic E-state index is 12.2. The number of carbonyl (C=O) groups excluding carboxylic acids is 1. The normalized spacial score (nSPS) is 18.4. The number of likely N-dealkylation sites (tertiary alicyclic amines) is 1. The van der Waals surface area contributed by atoms with Gasteiger partial charge in [-0.2, -0.15) is 0 Å². The Kier molecular flexibility index (Phi) is 7.34. The number of nitrogens with one attached hydrogen (secondary N) is 1. The lowest BCUT2D eigenvalue weighted by molar-refractivity contribution is -0.142. The predicted molar refractivity (Wildman–Crippen MR) is 130 cm³/mol. The summed E-state index contributed by atoms with van der Waals surface area (Å²) in [6, 6.07) is 16.6. The van der Waals surface area contributed by atoms with Gasteiger partial charge in [-0.25, -0.2) is 4.68 Å². The van der Waals surface area contributed by atoms with Crippen LogP contribution in [0.1, 0.15) is 30.1 Å². The number of hydrogen-bond acceptors (Lipinski definition) is 6. The summed E-state index contributed by atoms with van der Waals surface area (Å²) >= 11 is 0. The van der Waals surface area contributed by atoms with E-state index in [1.54, 1.807) is 41.2 Å². The first-order valence-corrected chi connectivity index (χ1v) is 11.3. The van der Waals surface area contributed by atoms with Crippen molar-refractivity contribution in [2.75, 3.05) is 24.1 Å². The van der Waals surface area contributed by atoms with Crippen molar-refractivity contribution in [1.82, 2.24) is 19.9 Å². The molecule has 9 nitrogen and oxygen atoms in total. The molecule has 4 rings (SSSR count). The van der Waals surface area contributed by atoms with Crippen molar-refractivity contribution >= 4 is 29.3 Å². The molecule has 1 amide bonds. The molecule has 1 saturated heterocycles. The summed E-state index contributed by atoms with van der Waals surface area (Å²) in [6.07, 6.45) is 6.92. The zero-order valence-electron chi connectivity index (χ0n) is 18.7. The number of para-hydroxylation sites is 2. The van der Waals surface area contributed by atoms with Crippen LogP contribution in [0.15, 0.2) is 66.9 Å². The number of amides is 1. The van der Waals surface area contributed by atoms with Gasteiger partial charge in [-0.15, -0.1) is 5.10 Å². The Morgan fingerprint density at radius 2 is 1.91 bits per heavy atom. The minimum absolute atomic E-state index is 0.0922. The molecule has 1 fully saturated rings. The van der Waals surface area contributed by atoms with Crippen LogP contribution >= 0.6 is 0 Å². The molecule has 34 heavy (non-hydrogen) atoms. The fourth-order valence-electron chi connectivity index (χ4n) is 4.20. The molecular formula is C25H28N6O3. The van der Waals surface area contributed by atoms with Gasteiger partial charge in [-0.1, -0.05) is 47.7 Å². The Labute approximate surface area is 197 Å². The summed E-state index contributed by atoms with van der Waals surface area (Å²) in [5.74, 6) is -1.15. The highest BCUT2D eigenvalue weighted by atomic mass is 16.4. The van der Waals surface area contributed by atoms with E-state index in [9.17, 15) is 14.7 Å². The van der Waals surface area contributed by atoms with Crippen LogP contribution in [0.3, 0.4) is 0 Å². The van der Waals surface area contributed by atoms with Crippen molar-refractivity contribution in [1.29, 1.82) is 0 Å². The van der Waals surface area contributed by atoms with Crippen LogP contribution in [0.4, 0.5) is 11.4 Å². The lowest BCUT2D eigenvalue weighted by atomic mass is 10.1. The van der Waals surface area contributed by atoms with Crippen molar-refractivity contribution in [2.45, 2.75) is 31.3 Å². The number of anilines is 2. The molecule has 2 aromatic carbocycles. The second-order valence-electron chi connectivity index (χ2n) is 8.36. The summed E-state index contributed by atoms with van der Waals surface area (Å²) in [7, 11) is 0. The number of rotatable bonds is 9. The summed E-state index contributed by atoms with van der Waals surface area (Å²) in [6.45, 7) is 1.29. The molecule has 2 heterocycles. The zero-order chi connectivity index (χ0) is 23.9. The van der Waals surface area contributed by atoms with E-state index in [4.69, 9.17) is 5.73 Å². The van der Waals surface area contributed by atoms with Gasteiger partial charge in [0.2, 0.25) is 5.91 Å². The summed E-state index contributed by atoms with van der Waals surface area (Å²) < 4.78 is 1.69. The quantitative estimate of drug-likeness (QED) is 0.331. The number of carboxylic acids is 1. The van der Waals surface area contributed by atoms with Crippen LogP contribution in [0.5, 0.6) is 0 Å². The summed E-state index contributed by atoms with van der Waals surface area (Å²) in [4.78, 5) is 26.0. The largest absolute Gasteiger partial charge is 0.480 e. The molecule has 0 spiro atoms. The average Bonchev–Trinajstić information content (AvgIpc) is 3.47. The lowest BCUT2D eigenvalue weighted by Gasteiger charge is -2.20. The molecule has 0 aliphatic carbocycles. The summed E-state index contributed by atoms with van der Waals surface area (Å²) in [5, 5.41) is 20.7. The average molecular weight is 461 g/mol. The number of nitrogen functional groups attached to an aromatic ring is 1. The lowest BCUT2D eigenvalue weighted by Crippen LogP contribution is -2.36. The molecule has 3 aromatic rings. The molecule has 0 unspecified atom stereocenters. The molecule has 1 aliphatic rings. The second-order valence-corrected chi connectivity index (χ2v) is 8.36. The van der Waals surface area contributed by atoms with E-state index in [0.717, 1.165) is 12.8 Å². The van der Waals surface area contributed by atoms with Gasteiger partial charge in [0.15, 0.2) is 0 Å². The highest BCUT2D eigenvalue weighted by Crippen LogP contribution is 2.27. The number of aryl methyl sites for hydroxylation is 1. The van der Waals surface area contributed by atoms with Crippen LogP contribution in [0.2, 0.25) is 0 Å². The number of aromatic nitrogens is 3. The molecule has 0 saturated carbocycles. The van der Waals surface area contributed by atoms with Crippen molar-refractivity contribution in [3.05, 3.63) is 78.1 Å². The molecule has 4 N–H and O–H groups in total. The van der Waals surface area contributed by atoms with Crippen molar-refractivity contribution in [2.24, 2.45) is 0 Å². The van der Waals surface area contributed by atoms with E-state index in [0.29, 0.717) is 36.6 Å². The van der Waals surface area contributed by atoms with Crippen LogP contribution in [-0.2, 0) is 16.0 Å². The van der Waals surface area contributed by atoms with Gasteiger partial charge < -0.3 is 16.2 Å². The third kappa shape index (κ3) is 5.87. The second kappa shape index (κ2) is 10.8. The fraction of sp³-hybridized carbons (Fsp3) is 0.280. The first-order valence-electron chi connectivity index (χ1n) is 11.3. The number of nitrogens with two attached hydrogens (primary N) is 1. The zero-order valence-corrected chi connectivity index (χ0v) is 18.7. The van der Waals surface area contributed by atoms with Crippen LogP contribution in [0, 0.1) is 0 Å². The van der Waals surface area contributed by atoms with E-state index in [1.807, 2.05) is 23.1 Å². The third-order valence-corrected chi connectivity index (χ3v) is 5.95. The van der Waals surface area contributed by atoms with Crippen LogP contribution in [-0.4, -0.2) is 56.0 Å². The Morgan fingerprint density at radius 1 is 1.15 bits per heavy atom. The minimum atomic E-state index is -0.820. The van der Waals surface area contributed by atoms with Crippen LogP contribution < -0.4 is 11.1 Å². The van der Waals surface area contributed by atoms with Gasteiger partial charge in [0.05, 0.1) is 23.6 Å². The van der Waals surface area contributed by atoms with Crippen molar-refractivity contribution in [3.63, 3.8) is 0 Å². The highest BCUT2D eigenvalue weighted by Gasteiger charge is 2.37. The Bertz CT molecular complexity index is 1160. The van der Waals surface area contributed by atoms with Gasteiger partial charge in [0, 0.05) is 12.6 Å². The number of carbonyl (C=O) groups is 2. The maximum atomic E-state index is 12.2. The first kappa shape index (κ1) is 23.2. The number of carboxylic acid groups (broad SMARTS) is 1. The molecule has 1 aliphatic heterocycles. The van der Waals surface area contributed by atoms with Crippen LogP contribution in [0.25, 0.3) is 6.08 Å². The molecular weight excluding hydrogens is 432 g/mol. The molecule has 176 valence electrons. The van der Waals surface area contributed by atoms with Gasteiger partial charge in [0.1, 0.15) is 11.7 Å². The van der Waals surface area contributed by atoms with Gasteiger partial charge >= 0.3 is 5.97 Å². The van der Waals surface area contributed by atoms with Gasteiger partial charge in [0.25, 0.3) is 0 Å². The standard InChI is InChI=1S/C25H28N6O3/c26-21-10-4-5-11-22(21)27-24(32)13-12-19-16-31(29-28-19)20-15-23(25(33)34)30(17-20)14-6-9-18-7-2-1-3-8-18/h1-5,7-8,10-13,16,20,23H,6,9,14-15,17,26H2,(H,27,32)(H,33,34)/b13-12+/t20-,23-/m0/s1. The topological polar surface area (TPSA) is 126 Å². The van der Waals surface area contributed by atoms with E-state index in [-0.39, 0.29) is 11.9 Å². The van der Waals surface area contributed by atoms with E-state index < -0.39 is 12.0 Å². The van der Waals surface area contributed by atoms with Crippen molar-refractivity contribution < 1.29 is 14.7 Å². The number of nitrogens with zero attached hydrogens (tertiary/aromatic N) is 4. The third-order valence-electron chi connectivity index (χ3n) is 5.95. The monoisotopic (exact) mass is 460 g/mol. The highest BCUT2D eigenvalue weighted by molar-refractivity contribution is 6.03. The molecule has 0 bridgehead atoms. The van der Waals surface area contributed by atoms with E-state index in [1.165, 1.54) is 11.6 Å². The molecule has 2 atom stereocenters. The number of hydrogen-bond donors (Lipinski definition) is 3. The minimum Gasteiger partial charge on any atom is -0.480 e. The van der Waals surface area contributed by atoms with Gasteiger partial charge in [-0.05, 0) is 49.6 Å². The van der Waals surface area contributed by atoms with Crippen molar-refractivity contribution in [3.8, 4) is 0 Å². The molecule has 1 aromatic heterocycles. The Morgan fingerprint density at radius 3 is 2.68 bits per heavy atom. The molecule has 0 radical (unpaired) electrons. The SMILES string of the molecule is Nc1ccccc1NC(=O)/C=C/c1cn([C@H]2C[C@@H](C(=O)O)N(CCCc3ccccc3)C2)nn1. The fourth-order valence-corrected chi connectivity index (χ4v) is 4.20. The van der Waals surface area contributed by atoms with E-state index in [2.05, 4.69) is 27.8 Å². The first-order chi connectivity index (χ1) is 16.5. The molecule has 9 heteroatoms. The maximum Gasteiger partial charge on any atom is 0.321 e. The Hall–Kier alpha value is -3.98. The number of benzene rings is 2. The summed E-state index contributed by atoms with van der Waals surface area (Å²) in [5.41, 5.74) is 8.63. The Balaban J connectivity index is 1.33. The number of aliphatic carboxylic acids is 1. The predicted octanol–water partition coefficient (Wildman–Crippen LogP) is 2.85. The smallest absolute Gasteiger partial charge is 0.321 e. The van der Waals surface area contributed by atoms with E-state index >= 15 is 0 Å². The van der Waals surface area contributed by atoms with Gasteiger partial charge in [-0.3, -0.25) is 14.5 Å².